The highest BCUT2D eigenvalue weighted by molar-refractivity contribution is 6.02. The lowest BCUT2D eigenvalue weighted by Crippen LogP contribution is -2.35. The van der Waals surface area contributed by atoms with E-state index in [2.05, 4.69) is 55.9 Å². The number of carbonyl (C=O) groups is 1. The topological polar surface area (TPSA) is 84.2 Å². The minimum Gasteiger partial charge on any atom is -0.355 e. The van der Waals surface area contributed by atoms with E-state index in [1.54, 1.807) is 12.1 Å². The Kier molecular flexibility index (Phi) is 6.02. The summed E-state index contributed by atoms with van der Waals surface area (Å²) in [5.74, 6) is 1.44. The van der Waals surface area contributed by atoms with Crippen LogP contribution < -0.4 is 10.2 Å². The van der Waals surface area contributed by atoms with Gasteiger partial charge in [0.2, 0.25) is 5.88 Å². The third-order valence-corrected chi connectivity index (χ3v) is 5.70. The van der Waals surface area contributed by atoms with Gasteiger partial charge in [-0.25, -0.2) is 0 Å². The lowest BCUT2D eigenvalue weighted by Gasteiger charge is -2.32. The van der Waals surface area contributed by atoms with Crippen molar-refractivity contribution in [2.75, 3.05) is 23.3 Å². The molecule has 7 nitrogen and oxygen atoms in total. The molecule has 1 fully saturated rings. The molecule has 0 aliphatic carbocycles. The normalized spacial score (nSPS) is 15.1. The summed E-state index contributed by atoms with van der Waals surface area (Å²) in [5.41, 5.74) is 2.27. The third kappa shape index (κ3) is 5.29. The molecule has 0 saturated carbocycles. The summed E-state index contributed by atoms with van der Waals surface area (Å²) >= 11 is 0. The number of nitrogens with one attached hydrogen (secondary N) is 1. The Bertz CT molecular complexity index is 1000. The van der Waals surface area contributed by atoms with Crippen molar-refractivity contribution < 1.29 is 9.32 Å². The van der Waals surface area contributed by atoms with E-state index in [1.165, 1.54) is 5.56 Å². The van der Waals surface area contributed by atoms with E-state index in [9.17, 15) is 4.79 Å². The number of amides is 1. The number of piperidine rings is 1. The van der Waals surface area contributed by atoms with Gasteiger partial charge in [-0.05, 0) is 42.9 Å². The Balaban J connectivity index is 1.31. The van der Waals surface area contributed by atoms with Gasteiger partial charge in [0.05, 0.1) is 5.69 Å². The molecule has 0 atom stereocenters. The van der Waals surface area contributed by atoms with Crippen LogP contribution in [0.25, 0.3) is 0 Å². The van der Waals surface area contributed by atoms with Gasteiger partial charge in [-0.2, -0.15) is 0 Å². The number of hydrogen-bond donors (Lipinski definition) is 1. The maximum Gasteiger partial charge on any atom is 0.278 e. The molecule has 1 N–H and O–H groups in total. The first-order valence-corrected chi connectivity index (χ1v) is 10.8. The van der Waals surface area contributed by atoms with E-state index < -0.39 is 0 Å². The average Bonchev–Trinajstić information content (AvgIpc) is 3.24. The maximum absolute atomic E-state index is 12.5. The van der Waals surface area contributed by atoms with Crippen LogP contribution in [0.15, 0.2) is 53.1 Å². The molecule has 1 aromatic carbocycles. The molecular weight excluding hydrogens is 390 g/mol. The molecule has 1 saturated heterocycles. The Morgan fingerprint density at radius 1 is 1.10 bits per heavy atom. The fourth-order valence-electron chi connectivity index (χ4n) is 3.79. The van der Waals surface area contributed by atoms with Gasteiger partial charge in [0.25, 0.3) is 5.91 Å². The van der Waals surface area contributed by atoms with Gasteiger partial charge in [0, 0.05) is 24.6 Å². The average molecular weight is 420 g/mol. The monoisotopic (exact) mass is 419 g/mol. The van der Waals surface area contributed by atoms with Crippen LogP contribution in [0.1, 0.15) is 55.4 Å². The predicted molar refractivity (Wildman–Crippen MR) is 120 cm³/mol. The summed E-state index contributed by atoms with van der Waals surface area (Å²) in [6.07, 6.45) is 3.37. The van der Waals surface area contributed by atoms with E-state index in [1.807, 2.05) is 26.8 Å². The summed E-state index contributed by atoms with van der Waals surface area (Å²) < 4.78 is 5.22. The highest BCUT2D eigenvalue weighted by Crippen LogP contribution is 2.25. The van der Waals surface area contributed by atoms with Gasteiger partial charge in [-0.3, -0.25) is 10.1 Å². The molecule has 0 bridgehead atoms. The summed E-state index contributed by atoms with van der Waals surface area (Å²) in [6, 6.07) is 16.0. The molecule has 1 aliphatic rings. The number of carbonyl (C=O) groups excluding carboxylic acids is 1. The zero-order chi connectivity index (χ0) is 21.8. The number of aromatic nitrogens is 3. The van der Waals surface area contributed by atoms with Crippen molar-refractivity contribution in [1.29, 1.82) is 0 Å². The van der Waals surface area contributed by atoms with Crippen LogP contribution in [0.4, 0.5) is 11.7 Å². The largest absolute Gasteiger partial charge is 0.355 e. The van der Waals surface area contributed by atoms with Crippen molar-refractivity contribution in [2.45, 2.75) is 45.4 Å². The number of hydrogen-bond acceptors (Lipinski definition) is 6. The Morgan fingerprint density at radius 2 is 1.84 bits per heavy atom. The van der Waals surface area contributed by atoms with Crippen LogP contribution in [-0.2, 0) is 11.8 Å². The second kappa shape index (κ2) is 8.88. The molecule has 4 rings (SSSR count). The van der Waals surface area contributed by atoms with Crippen molar-refractivity contribution in [2.24, 2.45) is 5.92 Å². The lowest BCUT2D eigenvalue weighted by molar-refractivity contribution is 0.101. The molecule has 3 heterocycles. The Labute approximate surface area is 182 Å². The van der Waals surface area contributed by atoms with Crippen LogP contribution in [0.2, 0.25) is 0 Å². The van der Waals surface area contributed by atoms with Crippen molar-refractivity contribution in [3.63, 3.8) is 0 Å². The molecule has 162 valence electrons. The molecule has 7 heteroatoms. The fraction of sp³-hybridized carbons (Fsp3) is 0.417. The number of benzene rings is 1. The van der Waals surface area contributed by atoms with Gasteiger partial charge in [-0.1, -0.05) is 56.3 Å². The van der Waals surface area contributed by atoms with Crippen molar-refractivity contribution in [3.8, 4) is 0 Å². The highest BCUT2D eigenvalue weighted by atomic mass is 16.5. The quantitative estimate of drug-likeness (QED) is 0.657. The number of nitrogens with zero attached hydrogens (tertiary/aromatic N) is 4. The number of rotatable bonds is 5. The lowest BCUT2D eigenvalue weighted by atomic mass is 9.90. The molecule has 0 radical (unpaired) electrons. The first-order chi connectivity index (χ1) is 14.9. The second-order valence-electron chi connectivity index (χ2n) is 9.18. The fourth-order valence-corrected chi connectivity index (χ4v) is 3.79. The second-order valence-corrected chi connectivity index (χ2v) is 9.18. The molecular formula is C24H29N5O2. The van der Waals surface area contributed by atoms with E-state index in [0.29, 0.717) is 11.8 Å². The van der Waals surface area contributed by atoms with Gasteiger partial charge < -0.3 is 9.42 Å². The SMILES string of the molecule is CC(C)(C)c1cc(NC(=O)c2ccc(N3CCC(Cc4ccccc4)CC3)nn2)on1. The smallest absolute Gasteiger partial charge is 0.278 e. The van der Waals surface area contributed by atoms with E-state index in [4.69, 9.17) is 4.52 Å². The van der Waals surface area contributed by atoms with E-state index in [0.717, 1.165) is 43.9 Å². The summed E-state index contributed by atoms with van der Waals surface area (Å²) in [7, 11) is 0. The zero-order valence-electron chi connectivity index (χ0n) is 18.3. The molecule has 0 spiro atoms. The van der Waals surface area contributed by atoms with Crippen molar-refractivity contribution in [3.05, 3.63) is 65.5 Å². The van der Waals surface area contributed by atoms with Gasteiger partial charge in [0.15, 0.2) is 11.5 Å². The van der Waals surface area contributed by atoms with Crippen molar-refractivity contribution >= 4 is 17.6 Å². The number of anilines is 2. The van der Waals surface area contributed by atoms with Crippen LogP contribution in [0.3, 0.4) is 0 Å². The molecule has 0 unspecified atom stereocenters. The maximum atomic E-state index is 12.5. The minimum absolute atomic E-state index is 0.150. The molecule has 1 amide bonds. The zero-order valence-corrected chi connectivity index (χ0v) is 18.3. The van der Waals surface area contributed by atoms with Crippen LogP contribution in [0, 0.1) is 5.92 Å². The van der Waals surface area contributed by atoms with Gasteiger partial charge in [-0.15, -0.1) is 10.2 Å². The standard InChI is InChI=1S/C24H29N5O2/c1-24(2,3)20-16-22(31-28-20)25-23(30)19-9-10-21(27-26-19)29-13-11-18(12-14-29)15-17-7-5-4-6-8-17/h4-10,16,18H,11-15H2,1-3H3,(H,25,30). The Hall–Kier alpha value is -3.22. The van der Waals surface area contributed by atoms with Crippen LogP contribution >= 0.6 is 0 Å². The minimum atomic E-state index is -0.364. The predicted octanol–water partition coefficient (Wildman–Crippen LogP) is 4.47. The first-order valence-electron chi connectivity index (χ1n) is 10.8. The van der Waals surface area contributed by atoms with Crippen LogP contribution in [0.5, 0.6) is 0 Å². The van der Waals surface area contributed by atoms with E-state index >= 15 is 0 Å². The Morgan fingerprint density at radius 3 is 2.45 bits per heavy atom. The highest BCUT2D eigenvalue weighted by Gasteiger charge is 2.22. The molecule has 3 aromatic rings. The first kappa shape index (κ1) is 21.0. The van der Waals surface area contributed by atoms with Gasteiger partial charge in [0.1, 0.15) is 0 Å². The van der Waals surface area contributed by atoms with Gasteiger partial charge >= 0.3 is 0 Å². The summed E-state index contributed by atoms with van der Waals surface area (Å²) in [6.45, 7) is 8.00. The molecule has 2 aromatic heterocycles. The van der Waals surface area contributed by atoms with Crippen LogP contribution in [-0.4, -0.2) is 34.4 Å². The van der Waals surface area contributed by atoms with Crippen molar-refractivity contribution in [1.82, 2.24) is 15.4 Å². The molecule has 31 heavy (non-hydrogen) atoms. The van der Waals surface area contributed by atoms with E-state index in [-0.39, 0.29) is 17.0 Å². The molecule has 1 aliphatic heterocycles. The summed E-state index contributed by atoms with van der Waals surface area (Å²) in [5, 5.41) is 15.1. The third-order valence-electron chi connectivity index (χ3n) is 5.70. The summed E-state index contributed by atoms with van der Waals surface area (Å²) in [4.78, 5) is 14.7.